The Morgan fingerprint density at radius 2 is 1.33 bits per heavy atom. The third-order valence-corrected chi connectivity index (χ3v) is 14.5. The fraction of sp³-hybridized carbons (Fsp3) is 0.373. The van der Waals surface area contributed by atoms with E-state index in [0.717, 1.165) is 46.7 Å². The molecule has 18 heteroatoms. The van der Waals surface area contributed by atoms with Gasteiger partial charge in [-0.05, 0) is 61.6 Å². The molecule has 0 bridgehead atoms. The molecule has 6 aromatic rings. The number of hydrogen-bond acceptors (Lipinski definition) is 13. The van der Waals surface area contributed by atoms with E-state index in [2.05, 4.69) is 22.5 Å². The van der Waals surface area contributed by atoms with Gasteiger partial charge in [-0.25, -0.2) is 9.97 Å². The number of anilines is 2. The number of benzene rings is 2. The highest BCUT2D eigenvalue weighted by Crippen LogP contribution is 2.35. The number of hydrogen-bond donors (Lipinski definition) is 2. The average Bonchev–Trinajstić information content (AvgIpc) is 4.06. The van der Waals surface area contributed by atoms with Gasteiger partial charge in [0.1, 0.15) is 29.4 Å². The molecule has 3 fully saturated rings. The number of rotatable bonds is 16. The number of unbranched alkanes of at least 4 members (excludes halogenated alkanes) is 1. The van der Waals surface area contributed by atoms with Crippen molar-refractivity contribution in [1.29, 1.82) is 0 Å². The highest BCUT2D eigenvalue weighted by Gasteiger charge is 2.34. The fourth-order valence-electron chi connectivity index (χ4n) is 8.52. The van der Waals surface area contributed by atoms with Crippen LogP contribution in [0.4, 0.5) is 11.4 Å². The number of thiophene rings is 2. The number of nitrogens with one attached hydrogen (secondary N) is 2. The van der Waals surface area contributed by atoms with Crippen molar-refractivity contribution >= 4 is 57.7 Å². The summed E-state index contributed by atoms with van der Waals surface area (Å²) in [5, 5.41) is 9.84. The zero-order chi connectivity index (χ0) is 47.9. The van der Waals surface area contributed by atoms with Crippen LogP contribution in [0.15, 0.2) is 84.1 Å². The molecule has 2 aliphatic heterocycles. The molecule has 9 rings (SSSR count). The summed E-state index contributed by atoms with van der Waals surface area (Å²) in [5.74, 6) is 0.884. The van der Waals surface area contributed by atoms with Crippen molar-refractivity contribution in [3.63, 3.8) is 0 Å². The van der Waals surface area contributed by atoms with Gasteiger partial charge in [0.2, 0.25) is 11.8 Å². The maximum atomic E-state index is 14.4. The molecule has 1 atom stereocenters. The quantitative estimate of drug-likeness (QED) is 0.0891. The van der Waals surface area contributed by atoms with E-state index < -0.39 is 6.23 Å². The van der Waals surface area contributed by atoms with Gasteiger partial charge < -0.3 is 39.4 Å². The maximum absolute atomic E-state index is 14.4. The Labute approximate surface area is 408 Å². The first-order valence-corrected chi connectivity index (χ1v) is 25.1. The minimum absolute atomic E-state index is 0.00321. The Morgan fingerprint density at radius 3 is 1.99 bits per heavy atom. The van der Waals surface area contributed by atoms with Crippen molar-refractivity contribution in [3.05, 3.63) is 95.2 Å². The first kappa shape index (κ1) is 47.5. The summed E-state index contributed by atoms with van der Waals surface area (Å²) < 4.78 is 25.4. The van der Waals surface area contributed by atoms with E-state index in [1.165, 1.54) is 36.2 Å². The SMILES string of the molecule is CCCCC(=O)Nc1csc(-c2cncc(-c3ccc(C(=O)N4CCOC([n+]5cc(-c6ccc(C(=O)N7CCOCC7)c(OC)c6)nc(-c6cc(NC(=O)CC7CCC7)cs6)c5)C4)c(OC)c3)n2)c1. The summed E-state index contributed by atoms with van der Waals surface area (Å²) in [5.41, 5.74) is 6.17. The second-order valence-electron chi connectivity index (χ2n) is 17.3. The molecule has 4 amide bonds. The minimum atomic E-state index is -0.598. The summed E-state index contributed by atoms with van der Waals surface area (Å²) >= 11 is 2.94. The van der Waals surface area contributed by atoms with Gasteiger partial charge in [0, 0.05) is 54.4 Å². The van der Waals surface area contributed by atoms with E-state index >= 15 is 0 Å². The molecule has 16 nitrogen and oxygen atoms in total. The summed E-state index contributed by atoms with van der Waals surface area (Å²) in [6.07, 6.45) is 12.6. The number of ether oxygens (including phenoxy) is 4. The average molecular weight is 972 g/mol. The van der Waals surface area contributed by atoms with Crippen molar-refractivity contribution in [2.75, 3.05) is 70.9 Å². The molecule has 4 aromatic heterocycles. The standard InChI is InChI=1S/C51H54N8O8S2/c1-4-5-9-47(60)53-35-23-45(68-30-35)40-26-52-25-39(55-40)33-10-12-38(43(21-33)64-2)51(63)58-16-19-67-49(29-58)59-27-41(34-11-13-37(44(22-34)65-3)50(62)57-14-17-66-18-15-57)56-42(28-59)46-24-36(31-69-46)54-48(61)20-32-7-6-8-32/h10-13,21-28,30-32,49H,4-9,14-20,29H2,1-3H3,(H-,53,54,60,61)/p+1. The molecule has 0 radical (unpaired) electrons. The topological polar surface area (TPSA) is 178 Å². The van der Waals surface area contributed by atoms with E-state index in [1.54, 1.807) is 47.5 Å². The van der Waals surface area contributed by atoms with E-state index in [1.807, 2.05) is 58.1 Å². The van der Waals surface area contributed by atoms with Crippen molar-refractivity contribution in [1.82, 2.24) is 24.8 Å². The number of methoxy groups -OCH3 is 2. The van der Waals surface area contributed by atoms with Gasteiger partial charge in [-0.15, -0.1) is 22.7 Å². The summed E-state index contributed by atoms with van der Waals surface area (Å²) in [6, 6.07) is 14.6. The monoisotopic (exact) mass is 971 g/mol. The predicted molar refractivity (Wildman–Crippen MR) is 263 cm³/mol. The van der Waals surface area contributed by atoms with Gasteiger partial charge in [0.15, 0.2) is 12.4 Å². The van der Waals surface area contributed by atoms with Crippen LogP contribution in [-0.2, 0) is 19.1 Å². The molecule has 6 heterocycles. The van der Waals surface area contributed by atoms with Crippen LogP contribution in [0.5, 0.6) is 11.5 Å². The molecule has 1 unspecified atom stereocenters. The summed E-state index contributed by atoms with van der Waals surface area (Å²) in [7, 11) is 3.08. The van der Waals surface area contributed by atoms with Crippen LogP contribution in [0.3, 0.4) is 0 Å². The maximum Gasteiger partial charge on any atom is 0.280 e. The molecule has 358 valence electrons. The number of carbonyl (C=O) groups is 4. The smallest absolute Gasteiger partial charge is 0.280 e. The van der Waals surface area contributed by atoms with E-state index in [4.69, 9.17) is 28.9 Å². The first-order chi connectivity index (χ1) is 33.7. The summed E-state index contributed by atoms with van der Waals surface area (Å²) in [6.45, 7) is 4.86. The molecule has 69 heavy (non-hydrogen) atoms. The van der Waals surface area contributed by atoms with Crippen LogP contribution in [0.1, 0.15) is 78.8 Å². The Balaban J connectivity index is 0.966. The lowest BCUT2D eigenvalue weighted by atomic mass is 9.83. The van der Waals surface area contributed by atoms with Gasteiger partial charge in [-0.2, -0.15) is 4.57 Å². The molecular weight excluding hydrogens is 917 g/mol. The van der Waals surface area contributed by atoms with Crippen molar-refractivity contribution in [2.45, 2.75) is 58.1 Å². The van der Waals surface area contributed by atoms with Gasteiger partial charge in [0.05, 0.1) is 90.1 Å². The van der Waals surface area contributed by atoms with Crippen LogP contribution in [-0.4, -0.2) is 109 Å². The lowest BCUT2D eigenvalue weighted by molar-refractivity contribution is -0.763. The second kappa shape index (κ2) is 21.8. The molecule has 2 aromatic carbocycles. The second-order valence-corrected chi connectivity index (χ2v) is 19.1. The molecule has 3 aliphatic rings. The van der Waals surface area contributed by atoms with Crippen LogP contribution in [0, 0.1) is 5.92 Å². The van der Waals surface area contributed by atoms with E-state index in [0.29, 0.717) is 108 Å². The van der Waals surface area contributed by atoms with Gasteiger partial charge in [-0.3, -0.25) is 24.2 Å². The predicted octanol–water partition coefficient (Wildman–Crippen LogP) is 8.37. The lowest BCUT2D eigenvalue weighted by Gasteiger charge is -2.30. The third-order valence-electron chi connectivity index (χ3n) is 12.6. The van der Waals surface area contributed by atoms with Crippen LogP contribution < -0.4 is 24.7 Å². The minimum Gasteiger partial charge on any atom is -0.496 e. The molecule has 2 N–H and O–H groups in total. The number of aromatic nitrogens is 4. The largest absolute Gasteiger partial charge is 0.496 e. The van der Waals surface area contributed by atoms with E-state index in [9.17, 15) is 19.2 Å². The van der Waals surface area contributed by atoms with Gasteiger partial charge in [0.25, 0.3) is 18.0 Å². The first-order valence-electron chi connectivity index (χ1n) is 23.3. The molecule has 1 saturated carbocycles. The summed E-state index contributed by atoms with van der Waals surface area (Å²) in [4.78, 5) is 72.9. The highest BCUT2D eigenvalue weighted by molar-refractivity contribution is 7.14. The zero-order valence-electron chi connectivity index (χ0n) is 38.9. The van der Waals surface area contributed by atoms with Crippen LogP contribution >= 0.6 is 22.7 Å². The Morgan fingerprint density at radius 1 is 0.739 bits per heavy atom. The zero-order valence-corrected chi connectivity index (χ0v) is 40.5. The molecule has 0 spiro atoms. The number of amides is 4. The number of carbonyl (C=O) groups excluding carboxylic acids is 4. The molecular formula is C51H55N8O8S2+. The Bertz CT molecular complexity index is 2840. The Hall–Kier alpha value is -6.60. The fourth-order valence-corrected chi connectivity index (χ4v) is 10.1. The van der Waals surface area contributed by atoms with Crippen LogP contribution in [0.25, 0.3) is 43.7 Å². The highest BCUT2D eigenvalue weighted by atomic mass is 32.1. The molecule has 2 saturated heterocycles. The van der Waals surface area contributed by atoms with E-state index in [-0.39, 0.29) is 36.8 Å². The van der Waals surface area contributed by atoms with Crippen molar-refractivity contribution in [2.24, 2.45) is 5.92 Å². The number of morpholine rings is 2. The third kappa shape index (κ3) is 11.1. The van der Waals surface area contributed by atoms with Crippen LogP contribution in [0.2, 0.25) is 0 Å². The van der Waals surface area contributed by atoms with Gasteiger partial charge >= 0.3 is 0 Å². The van der Waals surface area contributed by atoms with Crippen molar-refractivity contribution < 1.29 is 42.7 Å². The van der Waals surface area contributed by atoms with Crippen molar-refractivity contribution in [3.8, 4) is 55.2 Å². The number of nitrogens with zero attached hydrogens (tertiary/aromatic N) is 6. The Kier molecular flexibility index (Phi) is 15.0. The normalized spacial score (nSPS) is 16.1. The lowest BCUT2D eigenvalue weighted by Crippen LogP contribution is -2.53. The van der Waals surface area contributed by atoms with Gasteiger partial charge in [-0.1, -0.05) is 31.9 Å². The molecule has 1 aliphatic carbocycles.